The predicted molar refractivity (Wildman–Crippen MR) is 91.7 cm³/mol. The molecule has 1 aromatic carbocycles. The van der Waals surface area contributed by atoms with Crippen LogP contribution in [-0.2, 0) is 0 Å². The van der Waals surface area contributed by atoms with E-state index in [1.807, 2.05) is 0 Å². The van der Waals surface area contributed by atoms with Gasteiger partial charge in [-0.25, -0.2) is 14.8 Å². The van der Waals surface area contributed by atoms with Gasteiger partial charge < -0.3 is 20.7 Å². The van der Waals surface area contributed by atoms with Gasteiger partial charge in [0.2, 0.25) is 5.13 Å². The molecule has 130 valence electrons. The SMILES string of the molecule is COc1c(O)ccc(C(=O)O)c1C.Nc1nnc(-c2ccncn2)s1. The number of hydrogen-bond donors (Lipinski definition) is 3. The second kappa shape index (κ2) is 8.02. The molecule has 0 fully saturated rings. The van der Waals surface area contributed by atoms with Crippen molar-refractivity contribution in [1.29, 1.82) is 0 Å². The van der Waals surface area contributed by atoms with Gasteiger partial charge in [0.05, 0.1) is 12.7 Å². The molecule has 9 nitrogen and oxygen atoms in total. The molecule has 0 radical (unpaired) electrons. The van der Waals surface area contributed by atoms with Crippen molar-refractivity contribution < 1.29 is 19.7 Å². The van der Waals surface area contributed by atoms with E-state index in [1.165, 1.54) is 36.9 Å². The lowest BCUT2D eigenvalue weighted by Gasteiger charge is -2.08. The molecule has 2 aromatic heterocycles. The fourth-order valence-electron chi connectivity index (χ4n) is 1.92. The second-order valence-corrected chi connectivity index (χ2v) is 5.64. The quantitative estimate of drug-likeness (QED) is 0.637. The molecule has 10 heteroatoms. The monoisotopic (exact) mass is 361 g/mol. The minimum atomic E-state index is -1.03. The summed E-state index contributed by atoms with van der Waals surface area (Å²) < 4.78 is 4.85. The van der Waals surface area contributed by atoms with E-state index >= 15 is 0 Å². The summed E-state index contributed by atoms with van der Waals surface area (Å²) in [5.41, 5.74) is 6.73. The van der Waals surface area contributed by atoms with E-state index in [4.69, 9.17) is 15.6 Å². The highest BCUT2D eigenvalue weighted by molar-refractivity contribution is 7.18. The summed E-state index contributed by atoms with van der Waals surface area (Å²) in [5.74, 6) is -0.874. The number of aromatic nitrogens is 4. The molecule has 0 aliphatic carbocycles. The number of anilines is 1. The number of nitrogens with zero attached hydrogens (tertiary/aromatic N) is 4. The van der Waals surface area contributed by atoms with Crippen molar-refractivity contribution in [2.75, 3.05) is 12.8 Å². The molecule has 2 heterocycles. The Hall–Kier alpha value is -3.27. The molecule has 0 unspecified atom stereocenters. The van der Waals surface area contributed by atoms with Gasteiger partial charge in [-0.1, -0.05) is 11.3 Å². The highest BCUT2D eigenvalue weighted by atomic mass is 32.1. The van der Waals surface area contributed by atoms with E-state index in [2.05, 4.69) is 20.2 Å². The molecule has 0 spiro atoms. The molecule has 25 heavy (non-hydrogen) atoms. The number of phenols is 1. The fourth-order valence-corrected chi connectivity index (χ4v) is 2.51. The van der Waals surface area contributed by atoms with Gasteiger partial charge in [-0.3, -0.25) is 0 Å². The third-order valence-corrected chi connectivity index (χ3v) is 3.84. The smallest absolute Gasteiger partial charge is 0.336 e. The Balaban J connectivity index is 0.000000181. The van der Waals surface area contributed by atoms with Gasteiger partial charge >= 0.3 is 5.97 Å². The van der Waals surface area contributed by atoms with Gasteiger partial charge in [-0.2, -0.15) is 0 Å². The standard InChI is InChI=1S/C9H10O4.C6H5N5S/c1-5-6(9(11)12)3-4-7(10)8(5)13-2;7-6-11-10-5(12-6)4-1-2-8-3-9-4/h3-4,10H,1-2H3,(H,11,12);1-3H,(H2,7,11). The van der Waals surface area contributed by atoms with E-state index in [0.717, 1.165) is 10.7 Å². The van der Waals surface area contributed by atoms with Gasteiger partial charge in [0.15, 0.2) is 16.5 Å². The van der Waals surface area contributed by atoms with Crippen molar-refractivity contribution in [3.8, 4) is 22.2 Å². The topological polar surface area (TPSA) is 144 Å². The summed E-state index contributed by atoms with van der Waals surface area (Å²) in [6, 6.07) is 4.41. The Bertz CT molecular complexity index is 870. The second-order valence-electron chi connectivity index (χ2n) is 4.64. The predicted octanol–water partition coefficient (Wildman–Crippen LogP) is 1.98. The van der Waals surface area contributed by atoms with Gasteiger partial charge in [-0.15, -0.1) is 10.2 Å². The van der Waals surface area contributed by atoms with Crippen LogP contribution < -0.4 is 10.5 Å². The number of carboxylic acid groups (broad SMARTS) is 1. The average molecular weight is 361 g/mol. The lowest BCUT2D eigenvalue weighted by atomic mass is 10.1. The molecular weight excluding hydrogens is 346 g/mol. The molecule has 0 bridgehead atoms. The van der Waals surface area contributed by atoms with Crippen molar-refractivity contribution in [3.05, 3.63) is 41.9 Å². The Morgan fingerprint density at radius 1 is 1.28 bits per heavy atom. The van der Waals surface area contributed by atoms with Crippen LogP contribution >= 0.6 is 11.3 Å². The highest BCUT2D eigenvalue weighted by Gasteiger charge is 2.13. The van der Waals surface area contributed by atoms with E-state index in [0.29, 0.717) is 10.7 Å². The summed E-state index contributed by atoms with van der Waals surface area (Å²) in [7, 11) is 1.38. The van der Waals surface area contributed by atoms with Crippen LogP contribution in [0.3, 0.4) is 0 Å². The number of ether oxygens (including phenoxy) is 1. The highest BCUT2D eigenvalue weighted by Crippen LogP contribution is 2.31. The number of methoxy groups -OCH3 is 1. The number of rotatable bonds is 3. The average Bonchev–Trinajstić information content (AvgIpc) is 3.03. The molecular formula is C15H15N5O4S. The van der Waals surface area contributed by atoms with Gasteiger partial charge in [0.1, 0.15) is 12.0 Å². The first kappa shape index (κ1) is 18.1. The molecule has 0 amide bonds. The largest absolute Gasteiger partial charge is 0.504 e. The molecule has 3 rings (SSSR count). The lowest BCUT2D eigenvalue weighted by molar-refractivity contribution is 0.0695. The molecule has 3 aromatic rings. The van der Waals surface area contributed by atoms with Crippen LogP contribution in [0.15, 0.2) is 30.7 Å². The van der Waals surface area contributed by atoms with Crippen molar-refractivity contribution in [1.82, 2.24) is 20.2 Å². The number of hydrogen-bond acceptors (Lipinski definition) is 9. The number of nitrogens with two attached hydrogens (primary N) is 1. The van der Waals surface area contributed by atoms with Gasteiger partial charge in [0, 0.05) is 11.8 Å². The third kappa shape index (κ3) is 4.38. The zero-order valence-corrected chi connectivity index (χ0v) is 14.2. The van der Waals surface area contributed by atoms with Crippen molar-refractivity contribution >= 4 is 22.4 Å². The summed E-state index contributed by atoms with van der Waals surface area (Å²) >= 11 is 1.31. The maximum Gasteiger partial charge on any atom is 0.336 e. The number of phenolic OH excluding ortho intramolecular Hbond substituents is 1. The summed E-state index contributed by atoms with van der Waals surface area (Å²) in [6.07, 6.45) is 3.12. The third-order valence-electron chi connectivity index (χ3n) is 3.06. The summed E-state index contributed by atoms with van der Waals surface area (Å²) in [5, 5.41) is 26.7. The molecule has 4 N–H and O–H groups in total. The Morgan fingerprint density at radius 2 is 2.04 bits per heavy atom. The lowest BCUT2D eigenvalue weighted by Crippen LogP contribution is -2.01. The van der Waals surface area contributed by atoms with Crippen molar-refractivity contribution in [2.24, 2.45) is 0 Å². The molecule has 0 aliphatic rings. The van der Waals surface area contributed by atoms with E-state index in [1.54, 1.807) is 19.2 Å². The van der Waals surface area contributed by atoms with Crippen molar-refractivity contribution in [2.45, 2.75) is 6.92 Å². The maximum absolute atomic E-state index is 10.7. The number of benzene rings is 1. The molecule has 0 atom stereocenters. The van der Waals surface area contributed by atoms with Crippen LogP contribution in [-0.4, -0.2) is 43.5 Å². The van der Waals surface area contributed by atoms with E-state index < -0.39 is 5.97 Å². The Morgan fingerprint density at radius 3 is 2.56 bits per heavy atom. The maximum atomic E-state index is 10.7. The number of carboxylic acids is 1. The van der Waals surface area contributed by atoms with Crippen LogP contribution in [0.1, 0.15) is 15.9 Å². The fraction of sp³-hybridized carbons (Fsp3) is 0.133. The Labute approximate surface area is 146 Å². The number of nitrogen functional groups attached to an aromatic ring is 1. The molecule has 0 saturated heterocycles. The van der Waals surface area contributed by atoms with Gasteiger partial charge in [0.25, 0.3) is 0 Å². The van der Waals surface area contributed by atoms with Crippen LogP contribution in [0.2, 0.25) is 0 Å². The molecule has 0 aliphatic heterocycles. The zero-order valence-electron chi connectivity index (χ0n) is 13.4. The first-order chi connectivity index (χ1) is 11.9. The van der Waals surface area contributed by atoms with Crippen molar-refractivity contribution in [3.63, 3.8) is 0 Å². The minimum absolute atomic E-state index is 0.0509. The van der Waals surface area contributed by atoms with Crippen LogP contribution in [0, 0.1) is 6.92 Å². The number of carbonyl (C=O) groups is 1. The first-order valence-corrected chi connectivity index (χ1v) is 7.71. The van der Waals surface area contributed by atoms with E-state index in [-0.39, 0.29) is 17.1 Å². The Kier molecular flexibility index (Phi) is 5.79. The first-order valence-electron chi connectivity index (χ1n) is 6.89. The molecule has 0 saturated carbocycles. The summed E-state index contributed by atoms with van der Waals surface area (Å²) in [6.45, 7) is 1.59. The minimum Gasteiger partial charge on any atom is -0.504 e. The zero-order chi connectivity index (χ0) is 18.4. The van der Waals surface area contributed by atoms with Crippen LogP contribution in [0.25, 0.3) is 10.7 Å². The van der Waals surface area contributed by atoms with Crippen LogP contribution in [0.5, 0.6) is 11.5 Å². The number of aromatic hydroxyl groups is 1. The number of aromatic carboxylic acids is 1. The van der Waals surface area contributed by atoms with Crippen LogP contribution in [0.4, 0.5) is 5.13 Å². The summed E-state index contributed by atoms with van der Waals surface area (Å²) in [4.78, 5) is 18.5. The van der Waals surface area contributed by atoms with E-state index in [9.17, 15) is 9.90 Å². The normalized spacial score (nSPS) is 9.84. The van der Waals surface area contributed by atoms with Gasteiger partial charge in [-0.05, 0) is 25.1 Å².